The lowest BCUT2D eigenvalue weighted by molar-refractivity contribution is 0.625. The first-order valence-corrected chi connectivity index (χ1v) is 5.26. The fourth-order valence-electron chi connectivity index (χ4n) is 1.43. The Hall–Kier alpha value is -1.19. The highest BCUT2D eigenvalue weighted by molar-refractivity contribution is 7.08. The van der Waals surface area contributed by atoms with Gasteiger partial charge in [-0.25, -0.2) is 4.39 Å². The summed E-state index contributed by atoms with van der Waals surface area (Å²) >= 11 is 1.62. The number of halogens is 1. The molecule has 1 nitrogen and oxygen atoms in total. The summed E-state index contributed by atoms with van der Waals surface area (Å²) in [4.78, 5) is 0. The Labute approximate surface area is 86.0 Å². The Morgan fingerprint density at radius 2 is 2.14 bits per heavy atom. The van der Waals surface area contributed by atoms with Crippen LogP contribution in [0.25, 0.3) is 11.1 Å². The van der Waals surface area contributed by atoms with Crippen molar-refractivity contribution in [2.45, 2.75) is 6.54 Å². The van der Waals surface area contributed by atoms with Gasteiger partial charge in [0, 0.05) is 6.54 Å². The van der Waals surface area contributed by atoms with Crippen LogP contribution in [0.4, 0.5) is 4.39 Å². The van der Waals surface area contributed by atoms with E-state index in [2.05, 4.69) is 0 Å². The molecule has 0 aliphatic heterocycles. The zero-order valence-electron chi connectivity index (χ0n) is 7.53. The maximum absolute atomic E-state index is 12.9. The second kappa shape index (κ2) is 3.90. The molecule has 0 unspecified atom stereocenters. The molecule has 0 aliphatic carbocycles. The van der Waals surface area contributed by atoms with E-state index < -0.39 is 0 Å². The fraction of sp³-hybridized carbons (Fsp3) is 0.0909. The minimum atomic E-state index is -0.232. The predicted molar refractivity (Wildman–Crippen MR) is 57.6 cm³/mol. The Bertz CT molecular complexity index is 423. The van der Waals surface area contributed by atoms with E-state index in [-0.39, 0.29) is 5.82 Å². The van der Waals surface area contributed by atoms with Crippen molar-refractivity contribution in [3.8, 4) is 11.1 Å². The molecule has 2 rings (SSSR count). The smallest absolute Gasteiger partial charge is 0.123 e. The second-order valence-electron chi connectivity index (χ2n) is 3.02. The summed E-state index contributed by atoms with van der Waals surface area (Å²) in [5.41, 5.74) is 8.54. The van der Waals surface area contributed by atoms with Crippen LogP contribution in [0.2, 0.25) is 0 Å². The molecule has 0 spiro atoms. The molecule has 72 valence electrons. The third-order valence-corrected chi connectivity index (χ3v) is 2.80. The number of hydrogen-bond donors (Lipinski definition) is 1. The highest BCUT2D eigenvalue weighted by atomic mass is 32.1. The topological polar surface area (TPSA) is 26.0 Å². The molecule has 2 aromatic rings. The van der Waals surface area contributed by atoms with E-state index in [4.69, 9.17) is 5.73 Å². The molecule has 1 aromatic heterocycles. The van der Waals surface area contributed by atoms with Crippen LogP contribution >= 0.6 is 11.3 Å². The number of benzene rings is 1. The van der Waals surface area contributed by atoms with Gasteiger partial charge in [-0.05, 0) is 45.6 Å². The lowest BCUT2D eigenvalue weighted by Gasteiger charge is -2.05. The first-order valence-electron chi connectivity index (χ1n) is 4.32. The molecule has 14 heavy (non-hydrogen) atoms. The number of rotatable bonds is 2. The lowest BCUT2D eigenvalue weighted by Crippen LogP contribution is -1.99. The quantitative estimate of drug-likeness (QED) is 0.804. The maximum Gasteiger partial charge on any atom is 0.123 e. The fourth-order valence-corrected chi connectivity index (χ4v) is 2.09. The van der Waals surface area contributed by atoms with Crippen LogP contribution in [0.5, 0.6) is 0 Å². The summed E-state index contributed by atoms with van der Waals surface area (Å²) < 4.78 is 12.9. The Balaban J connectivity index is 2.53. The van der Waals surface area contributed by atoms with Crippen LogP contribution in [0.15, 0.2) is 35.0 Å². The van der Waals surface area contributed by atoms with E-state index >= 15 is 0 Å². The summed E-state index contributed by atoms with van der Waals surface area (Å²) in [6, 6.07) is 6.75. The zero-order chi connectivity index (χ0) is 9.97. The van der Waals surface area contributed by atoms with Crippen molar-refractivity contribution >= 4 is 11.3 Å². The normalized spacial score (nSPS) is 10.4. The van der Waals surface area contributed by atoms with E-state index in [1.165, 1.54) is 12.1 Å². The van der Waals surface area contributed by atoms with Gasteiger partial charge in [0.1, 0.15) is 5.82 Å². The van der Waals surface area contributed by atoms with Crippen molar-refractivity contribution in [2.75, 3.05) is 0 Å². The van der Waals surface area contributed by atoms with E-state index in [9.17, 15) is 4.39 Å². The Morgan fingerprint density at radius 3 is 2.79 bits per heavy atom. The van der Waals surface area contributed by atoms with Gasteiger partial charge in [-0.1, -0.05) is 6.07 Å². The van der Waals surface area contributed by atoms with Crippen LogP contribution in [-0.2, 0) is 6.54 Å². The van der Waals surface area contributed by atoms with Crippen molar-refractivity contribution < 1.29 is 4.39 Å². The molecule has 0 bridgehead atoms. The third kappa shape index (κ3) is 1.69. The lowest BCUT2D eigenvalue weighted by atomic mass is 10.0. The van der Waals surface area contributed by atoms with Gasteiger partial charge in [0.05, 0.1) is 0 Å². The van der Waals surface area contributed by atoms with E-state index in [0.29, 0.717) is 6.54 Å². The van der Waals surface area contributed by atoms with Gasteiger partial charge in [-0.15, -0.1) is 0 Å². The molecule has 1 aromatic carbocycles. The molecule has 0 fully saturated rings. The maximum atomic E-state index is 12.9. The average Bonchev–Trinajstić information content (AvgIpc) is 2.70. The molecule has 0 saturated heterocycles. The Kier molecular flexibility index (Phi) is 2.61. The first kappa shape index (κ1) is 9.37. The van der Waals surface area contributed by atoms with E-state index in [0.717, 1.165) is 16.7 Å². The standard InChI is InChI=1S/C11H10FNS/c12-10-1-2-11(9(5-10)6-13)8-3-4-14-7-8/h1-5,7H,6,13H2. The number of thiophene rings is 1. The predicted octanol–water partition coefficient (Wildman–Crippen LogP) is 3.01. The van der Waals surface area contributed by atoms with Gasteiger partial charge >= 0.3 is 0 Å². The third-order valence-electron chi connectivity index (χ3n) is 2.12. The van der Waals surface area contributed by atoms with Gasteiger partial charge in [0.25, 0.3) is 0 Å². The summed E-state index contributed by atoms with van der Waals surface area (Å²) in [6.07, 6.45) is 0. The molecule has 0 saturated carbocycles. The average molecular weight is 207 g/mol. The largest absolute Gasteiger partial charge is 0.326 e. The van der Waals surface area contributed by atoms with Crippen LogP contribution in [0.1, 0.15) is 5.56 Å². The highest BCUT2D eigenvalue weighted by Gasteiger charge is 2.05. The van der Waals surface area contributed by atoms with Gasteiger partial charge in [0.2, 0.25) is 0 Å². The SMILES string of the molecule is NCc1cc(F)ccc1-c1ccsc1. The van der Waals surface area contributed by atoms with Crippen LogP contribution in [0.3, 0.4) is 0 Å². The van der Waals surface area contributed by atoms with Crippen molar-refractivity contribution in [3.63, 3.8) is 0 Å². The zero-order valence-corrected chi connectivity index (χ0v) is 8.35. The molecule has 3 heteroatoms. The van der Waals surface area contributed by atoms with Gasteiger partial charge in [-0.3, -0.25) is 0 Å². The molecule has 0 aliphatic rings. The summed E-state index contributed by atoms with van der Waals surface area (Å²) in [6.45, 7) is 0.364. The Morgan fingerprint density at radius 1 is 1.29 bits per heavy atom. The summed E-state index contributed by atoms with van der Waals surface area (Å²) in [5, 5.41) is 4.03. The molecule has 2 N–H and O–H groups in total. The molecule has 0 amide bonds. The highest BCUT2D eigenvalue weighted by Crippen LogP contribution is 2.26. The van der Waals surface area contributed by atoms with E-state index in [1.54, 1.807) is 17.4 Å². The van der Waals surface area contributed by atoms with Crippen LogP contribution in [-0.4, -0.2) is 0 Å². The van der Waals surface area contributed by atoms with Gasteiger partial charge < -0.3 is 5.73 Å². The van der Waals surface area contributed by atoms with E-state index in [1.807, 2.05) is 16.8 Å². The minimum Gasteiger partial charge on any atom is -0.326 e. The van der Waals surface area contributed by atoms with Crippen LogP contribution in [0, 0.1) is 5.82 Å². The van der Waals surface area contributed by atoms with Crippen molar-refractivity contribution in [2.24, 2.45) is 5.73 Å². The number of nitrogens with two attached hydrogens (primary N) is 1. The van der Waals surface area contributed by atoms with Gasteiger partial charge in [0.15, 0.2) is 0 Å². The van der Waals surface area contributed by atoms with Crippen molar-refractivity contribution in [1.29, 1.82) is 0 Å². The molecular formula is C11H10FNS. The van der Waals surface area contributed by atoms with Gasteiger partial charge in [-0.2, -0.15) is 11.3 Å². The monoisotopic (exact) mass is 207 g/mol. The van der Waals surface area contributed by atoms with Crippen molar-refractivity contribution in [1.82, 2.24) is 0 Å². The number of hydrogen-bond acceptors (Lipinski definition) is 2. The second-order valence-corrected chi connectivity index (χ2v) is 3.80. The molecule has 0 atom stereocenters. The summed E-state index contributed by atoms with van der Waals surface area (Å²) in [5.74, 6) is -0.232. The molecular weight excluding hydrogens is 197 g/mol. The van der Waals surface area contributed by atoms with Crippen LogP contribution < -0.4 is 5.73 Å². The molecule has 0 radical (unpaired) electrons. The first-order chi connectivity index (χ1) is 6.81. The van der Waals surface area contributed by atoms with Crippen molar-refractivity contribution in [3.05, 3.63) is 46.4 Å². The molecule has 1 heterocycles. The summed E-state index contributed by atoms with van der Waals surface area (Å²) in [7, 11) is 0. The minimum absolute atomic E-state index is 0.232.